The summed E-state index contributed by atoms with van der Waals surface area (Å²) in [6.45, 7) is 5.13. The minimum Gasteiger partial charge on any atom is -0.396 e. The highest BCUT2D eigenvalue weighted by Crippen LogP contribution is 2.35. The third-order valence-corrected chi connectivity index (χ3v) is 7.53. The van der Waals surface area contributed by atoms with Gasteiger partial charge in [0.25, 0.3) is 5.91 Å². The lowest BCUT2D eigenvalue weighted by molar-refractivity contribution is -0.127. The Hall–Kier alpha value is -2.26. The van der Waals surface area contributed by atoms with Crippen LogP contribution in [0.25, 0.3) is 10.2 Å². The Morgan fingerprint density at radius 3 is 2.94 bits per heavy atom. The van der Waals surface area contributed by atoms with E-state index in [0.29, 0.717) is 24.3 Å². The first-order valence-corrected chi connectivity index (χ1v) is 12.1. The average molecular weight is 446 g/mol. The van der Waals surface area contributed by atoms with Gasteiger partial charge in [-0.25, -0.2) is 9.97 Å². The molecule has 31 heavy (non-hydrogen) atoms. The van der Waals surface area contributed by atoms with Crippen LogP contribution in [0.4, 0.5) is 5.82 Å². The molecule has 2 amide bonds. The number of nitrogens with one attached hydrogen (secondary N) is 1. The molecule has 2 N–H and O–H groups in total. The quantitative estimate of drug-likeness (QED) is 0.606. The molecular formula is C22H31N5O3S. The van der Waals surface area contributed by atoms with Crippen molar-refractivity contribution in [2.75, 3.05) is 38.1 Å². The third kappa shape index (κ3) is 4.67. The van der Waals surface area contributed by atoms with Gasteiger partial charge in [0.15, 0.2) is 0 Å². The fraction of sp³-hybridized carbons (Fsp3) is 0.636. The first-order valence-electron chi connectivity index (χ1n) is 11.3. The fourth-order valence-corrected chi connectivity index (χ4v) is 5.78. The maximum Gasteiger partial charge on any atom is 0.264 e. The number of amides is 2. The lowest BCUT2D eigenvalue weighted by Crippen LogP contribution is -2.44. The zero-order chi connectivity index (χ0) is 21.8. The second kappa shape index (κ2) is 9.91. The number of hydrogen-bond acceptors (Lipinski definition) is 7. The van der Waals surface area contributed by atoms with Crippen LogP contribution in [0.15, 0.2) is 6.33 Å². The number of carbonyl (C=O) groups excluding carboxylic acids is 2. The summed E-state index contributed by atoms with van der Waals surface area (Å²) in [4.78, 5) is 39.3. The number of thiophene rings is 1. The molecular weight excluding hydrogens is 414 g/mol. The summed E-state index contributed by atoms with van der Waals surface area (Å²) < 4.78 is 0. The largest absolute Gasteiger partial charge is 0.396 e. The molecule has 2 aliphatic heterocycles. The molecule has 4 rings (SSSR count). The Kier molecular flexibility index (Phi) is 7.02. The molecule has 1 atom stereocenters. The molecule has 0 bridgehead atoms. The van der Waals surface area contributed by atoms with Crippen LogP contribution in [0.2, 0.25) is 0 Å². The number of anilines is 1. The van der Waals surface area contributed by atoms with Crippen molar-refractivity contribution >= 4 is 39.2 Å². The monoisotopic (exact) mass is 445 g/mol. The summed E-state index contributed by atoms with van der Waals surface area (Å²) in [5.41, 5.74) is 0.913. The van der Waals surface area contributed by atoms with Crippen molar-refractivity contribution < 1.29 is 14.7 Å². The predicted octanol–water partition coefficient (Wildman–Crippen LogP) is 2.80. The van der Waals surface area contributed by atoms with Gasteiger partial charge >= 0.3 is 0 Å². The summed E-state index contributed by atoms with van der Waals surface area (Å²) in [5.74, 6) is 1.03. The highest BCUT2D eigenvalue weighted by atomic mass is 32.1. The van der Waals surface area contributed by atoms with Gasteiger partial charge < -0.3 is 20.2 Å². The summed E-state index contributed by atoms with van der Waals surface area (Å²) in [6, 6.07) is 0.104. The Morgan fingerprint density at radius 2 is 2.16 bits per heavy atom. The Labute approximate surface area is 186 Å². The summed E-state index contributed by atoms with van der Waals surface area (Å²) in [5, 5.41) is 13.7. The van der Waals surface area contributed by atoms with Gasteiger partial charge in [0, 0.05) is 45.2 Å². The van der Waals surface area contributed by atoms with Gasteiger partial charge in [-0.1, -0.05) is 0 Å². The number of aliphatic hydroxyl groups excluding tert-OH is 1. The van der Waals surface area contributed by atoms with Gasteiger partial charge in [-0.3, -0.25) is 9.59 Å². The number of carbonyl (C=O) groups is 2. The molecule has 0 aliphatic carbocycles. The van der Waals surface area contributed by atoms with Crippen molar-refractivity contribution in [2.24, 2.45) is 0 Å². The maximum atomic E-state index is 13.4. The van der Waals surface area contributed by atoms with Crippen molar-refractivity contribution in [1.82, 2.24) is 19.8 Å². The van der Waals surface area contributed by atoms with Crippen LogP contribution in [0, 0.1) is 6.92 Å². The van der Waals surface area contributed by atoms with Gasteiger partial charge in [0.1, 0.15) is 17.0 Å². The molecule has 2 fully saturated rings. The highest BCUT2D eigenvalue weighted by molar-refractivity contribution is 7.20. The van der Waals surface area contributed by atoms with Crippen LogP contribution in [0.1, 0.15) is 60.2 Å². The van der Waals surface area contributed by atoms with Crippen LogP contribution in [0.3, 0.4) is 0 Å². The number of aliphatic hydroxyl groups is 1. The van der Waals surface area contributed by atoms with Crippen LogP contribution in [0.5, 0.6) is 0 Å². The molecule has 8 nitrogen and oxygen atoms in total. The van der Waals surface area contributed by atoms with E-state index < -0.39 is 0 Å². The number of hydrogen-bond donors (Lipinski definition) is 2. The minimum atomic E-state index is 0.0390. The van der Waals surface area contributed by atoms with E-state index in [1.807, 2.05) is 16.7 Å². The van der Waals surface area contributed by atoms with E-state index in [0.717, 1.165) is 73.3 Å². The molecule has 0 aromatic carbocycles. The van der Waals surface area contributed by atoms with Crippen LogP contribution in [-0.2, 0) is 4.79 Å². The molecule has 0 unspecified atom stereocenters. The zero-order valence-electron chi connectivity index (χ0n) is 18.1. The van der Waals surface area contributed by atoms with Crippen molar-refractivity contribution in [2.45, 2.75) is 57.9 Å². The van der Waals surface area contributed by atoms with Crippen LogP contribution < -0.4 is 5.32 Å². The van der Waals surface area contributed by atoms with Gasteiger partial charge in [0.05, 0.1) is 10.3 Å². The van der Waals surface area contributed by atoms with E-state index in [2.05, 4.69) is 15.3 Å². The molecule has 2 aromatic rings. The SMILES string of the molecule is Cc1c(C(=O)N2CCCC[C@@H]2CCO)sc2ncnc(NCCCN3CCCC3=O)c12. The molecule has 9 heteroatoms. The smallest absolute Gasteiger partial charge is 0.264 e. The molecule has 2 aromatic heterocycles. The molecule has 0 spiro atoms. The van der Waals surface area contributed by atoms with E-state index in [9.17, 15) is 14.7 Å². The molecule has 4 heterocycles. The molecule has 0 radical (unpaired) electrons. The standard InChI is InChI=1S/C22H31N5O3S/c1-15-18-20(23-9-5-11-26-10-4-7-17(26)29)24-14-25-21(18)31-19(15)22(30)27-12-3-2-6-16(27)8-13-28/h14,16,28H,2-13H2,1H3,(H,23,24,25)/t16-/m1/s1. The first-order chi connectivity index (χ1) is 15.1. The average Bonchev–Trinajstić information content (AvgIpc) is 3.34. The van der Waals surface area contributed by atoms with Crippen molar-refractivity contribution in [1.29, 1.82) is 0 Å². The second-order valence-electron chi connectivity index (χ2n) is 8.38. The fourth-order valence-electron chi connectivity index (χ4n) is 4.67. The number of rotatable bonds is 8. The van der Waals surface area contributed by atoms with Crippen molar-refractivity contribution in [3.63, 3.8) is 0 Å². The lowest BCUT2D eigenvalue weighted by atomic mass is 9.99. The Balaban J connectivity index is 1.48. The molecule has 168 valence electrons. The van der Waals surface area contributed by atoms with E-state index in [1.165, 1.54) is 17.7 Å². The summed E-state index contributed by atoms with van der Waals surface area (Å²) in [6.07, 6.45) is 7.69. The minimum absolute atomic E-state index is 0.0390. The van der Waals surface area contributed by atoms with Gasteiger partial charge in [-0.2, -0.15) is 0 Å². The molecule has 2 saturated heterocycles. The molecule has 0 saturated carbocycles. The maximum absolute atomic E-state index is 13.4. The third-order valence-electron chi connectivity index (χ3n) is 6.34. The summed E-state index contributed by atoms with van der Waals surface area (Å²) >= 11 is 1.42. The van der Waals surface area contributed by atoms with E-state index in [-0.39, 0.29) is 24.5 Å². The number of nitrogens with zero attached hydrogens (tertiary/aromatic N) is 4. The summed E-state index contributed by atoms with van der Waals surface area (Å²) in [7, 11) is 0. The van der Waals surface area contributed by atoms with E-state index in [4.69, 9.17) is 0 Å². The van der Waals surface area contributed by atoms with Crippen LogP contribution >= 0.6 is 11.3 Å². The van der Waals surface area contributed by atoms with Gasteiger partial charge in [0.2, 0.25) is 5.91 Å². The second-order valence-corrected chi connectivity index (χ2v) is 9.38. The van der Waals surface area contributed by atoms with Crippen molar-refractivity contribution in [3.05, 3.63) is 16.8 Å². The van der Waals surface area contributed by atoms with E-state index >= 15 is 0 Å². The number of aryl methyl sites for hydroxylation is 1. The topological polar surface area (TPSA) is 98.7 Å². The number of likely N-dealkylation sites (tertiary alicyclic amines) is 2. The van der Waals surface area contributed by atoms with E-state index in [1.54, 1.807) is 0 Å². The van der Waals surface area contributed by atoms with Crippen molar-refractivity contribution in [3.8, 4) is 0 Å². The number of piperidine rings is 1. The van der Waals surface area contributed by atoms with Crippen LogP contribution in [-0.4, -0.2) is 75.5 Å². The highest BCUT2D eigenvalue weighted by Gasteiger charge is 2.30. The number of fused-ring (bicyclic) bond motifs is 1. The first kappa shape index (κ1) is 22.0. The Morgan fingerprint density at radius 1 is 1.29 bits per heavy atom. The van der Waals surface area contributed by atoms with Gasteiger partial charge in [-0.05, 0) is 51.0 Å². The lowest BCUT2D eigenvalue weighted by Gasteiger charge is -2.35. The predicted molar refractivity (Wildman–Crippen MR) is 121 cm³/mol. The zero-order valence-corrected chi connectivity index (χ0v) is 18.9. The van der Waals surface area contributed by atoms with Gasteiger partial charge in [-0.15, -0.1) is 11.3 Å². The molecule has 2 aliphatic rings. The Bertz CT molecular complexity index is 945. The number of aromatic nitrogens is 2. The normalized spacial score (nSPS) is 19.4.